The molecule has 3 aromatic rings. The molecule has 3 aromatic carbocycles. The van der Waals surface area contributed by atoms with Crippen molar-refractivity contribution in [2.75, 3.05) is 0 Å². The first-order valence-electron chi connectivity index (χ1n) is 9.60. The zero-order valence-corrected chi connectivity index (χ0v) is 19.2. The van der Waals surface area contributed by atoms with E-state index in [9.17, 15) is 20.2 Å². The topological polar surface area (TPSA) is 105 Å². The third-order valence-electron chi connectivity index (χ3n) is 4.96. The molecule has 0 N–H and O–H groups in total. The third-order valence-corrected chi connectivity index (χ3v) is 6.11. The van der Waals surface area contributed by atoms with Gasteiger partial charge in [-0.3, -0.25) is 20.2 Å². The smallest absolute Gasteiger partial charge is 0.274 e. The standard InChI is InChI=1S/C22H22N2O6Si/c1-16-10-12-19(13-11-16)22(31,29-14-17-6-2-4-8-20(17)23(25)26)30-15-18-7-3-5-9-21(18)24(27)28/h2-13H,14-15H2,1,31H3. The number of nitrogens with zero attached hydrogens (tertiary/aromatic N) is 2. The van der Waals surface area contributed by atoms with E-state index in [1.54, 1.807) is 36.4 Å². The van der Waals surface area contributed by atoms with E-state index in [4.69, 9.17) is 9.47 Å². The lowest BCUT2D eigenvalue weighted by atomic mass is 10.1. The molecule has 0 saturated heterocycles. The van der Waals surface area contributed by atoms with E-state index in [1.807, 2.05) is 31.2 Å². The summed E-state index contributed by atoms with van der Waals surface area (Å²) in [6.07, 6.45) is 0. The van der Waals surface area contributed by atoms with Gasteiger partial charge in [0.25, 0.3) is 11.4 Å². The van der Waals surface area contributed by atoms with Crippen molar-refractivity contribution in [3.05, 3.63) is 115 Å². The predicted molar refractivity (Wildman–Crippen MR) is 119 cm³/mol. The fraction of sp³-hybridized carbons (Fsp3) is 0.182. The van der Waals surface area contributed by atoms with E-state index >= 15 is 0 Å². The Kier molecular flexibility index (Phi) is 6.90. The Morgan fingerprint density at radius 2 is 1.19 bits per heavy atom. The molecule has 0 aliphatic heterocycles. The Morgan fingerprint density at radius 3 is 1.61 bits per heavy atom. The first-order chi connectivity index (χ1) is 14.8. The van der Waals surface area contributed by atoms with Gasteiger partial charge < -0.3 is 9.47 Å². The minimum atomic E-state index is -1.15. The fourth-order valence-electron chi connectivity index (χ4n) is 3.12. The van der Waals surface area contributed by atoms with Crippen LogP contribution in [0, 0.1) is 27.2 Å². The van der Waals surface area contributed by atoms with Crippen LogP contribution in [0.4, 0.5) is 11.4 Å². The molecule has 8 nitrogen and oxygen atoms in total. The number of nitro groups is 2. The van der Waals surface area contributed by atoms with Crippen molar-refractivity contribution in [1.82, 2.24) is 0 Å². The Bertz CT molecular complexity index is 1030. The molecule has 0 bridgehead atoms. The molecule has 0 radical (unpaired) electrons. The van der Waals surface area contributed by atoms with Crippen molar-refractivity contribution in [2.24, 2.45) is 0 Å². The lowest BCUT2D eigenvalue weighted by Crippen LogP contribution is -2.33. The zero-order chi connectivity index (χ0) is 22.4. The number of hydrogen-bond acceptors (Lipinski definition) is 6. The van der Waals surface area contributed by atoms with Crippen LogP contribution in [0.1, 0.15) is 22.3 Å². The molecular weight excluding hydrogens is 416 g/mol. The van der Waals surface area contributed by atoms with Gasteiger partial charge in [-0.25, -0.2) is 0 Å². The van der Waals surface area contributed by atoms with Gasteiger partial charge >= 0.3 is 0 Å². The molecule has 31 heavy (non-hydrogen) atoms. The summed E-state index contributed by atoms with van der Waals surface area (Å²) in [5, 5.41) is 22.7. The molecule has 0 unspecified atom stereocenters. The summed E-state index contributed by atoms with van der Waals surface area (Å²) in [6, 6.07) is 20.3. The van der Waals surface area contributed by atoms with Gasteiger partial charge in [-0.15, -0.1) is 0 Å². The quantitative estimate of drug-likeness (QED) is 0.218. The van der Waals surface area contributed by atoms with Crippen LogP contribution in [0.3, 0.4) is 0 Å². The van der Waals surface area contributed by atoms with E-state index < -0.39 is 15.3 Å². The maximum atomic E-state index is 11.3. The highest BCUT2D eigenvalue weighted by atomic mass is 28.1. The van der Waals surface area contributed by atoms with Gasteiger partial charge in [-0.1, -0.05) is 54.1 Å². The number of ether oxygens (including phenoxy) is 2. The van der Waals surface area contributed by atoms with Crippen molar-refractivity contribution >= 4 is 21.6 Å². The molecule has 0 aliphatic rings. The van der Waals surface area contributed by atoms with Crippen LogP contribution in [0.25, 0.3) is 0 Å². The Hall–Kier alpha value is -3.40. The molecular formula is C22H22N2O6Si. The summed E-state index contributed by atoms with van der Waals surface area (Å²) < 4.78 is 12.2. The number of rotatable bonds is 9. The highest BCUT2D eigenvalue weighted by Gasteiger charge is 2.30. The van der Waals surface area contributed by atoms with E-state index in [-0.39, 0.29) is 24.6 Å². The average molecular weight is 439 g/mol. The second-order valence-corrected chi connectivity index (χ2v) is 8.48. The zero-order valence-electron chi connectivity index (χ0n) is 17.2. The Balaban J connectivity index is 1.88. The summed E-state index contributed by atoms with van der Waals surface area (Å²) >= 11 is 0. The van der Waals surface area contributed by atoms with Crippen LogP contribution in [-0.2, 0) is 28.1 Å². The molecule has 0 fully saturated rings. The SMILES string of the molecule is Cc1ccc(C([SiH3])(OCc2ccccc2[N+](=O)[O-])OCc2ccccc2[N+](=O)[O-])cc1. The van der Waals surface area contributed by atoms with Crippen LogP contribution in [0.15, 0.2) is 72.8 Å². The van der Waals surface area contributed by atoms with E-state index in [1.165, 1.54) is 12.1 Å². The summed E-state index contributed by atoms with van der Waals surface area (Å²) in [6.45, 7) is 1.89. The van der Waals surface area contributed by atoms with Crippen LogP contribution in [0.2, 0.25) is 0 Å². The van der Waals surface area contributed by atoms with Gasteiger partial charge in [-0.05, 0) is 19.1 Å². The average Bonchev–Trinajstić information content (AvgIpc) is 2.77. The maximum absolute atomic E-state index is 11.3. The lowest BCUT2D eigenvalue weighted by molar-refractivity contribution is -0.386. The Morgan fingerprint density at radius 1 is 0.774 bits per heavy atom. The second-order valence-electron chi connectivity index (χ2n) is 7.16. The molecule has 0 spiro atoms. The molecule has 0 aliphatic carbocycles. The highest BCUT2D eigenvalue weighted by Crippen LogP contribution is 2.30. The van der Waals surface area contributed by atoms with E-state index in [2.05, 4.69) is 0 Å². The normalized spacial score (nSPS) is 11.4. The third kappa shape index (κ3) is 5.40. The molecule has 0 saturated carbocycles. The number of nitro benzene ring substituents is 2. The summed E-state index contributed by atoms with van der Waals surface area (Å²) in [5.41, 5.74) is 1.44. The van der Waals surface area contributed by atoms with Gasteiger partial charge in [0.05, 0.1) is 44.4 Å². The number of aryl methyl sites for hydroxylation is 1. The second kappa shape index (κ2) is 9.60. The molecule has 160 valence electrons. The van der Waals surface area contributed by atoms with Gasteiger partial charge in [0, 0.05) is 17.7 Å². The molecule has 0 heterocycles. The van der Waals surface area contributed by atoms with Gasteiger partial charge in [0.2, 0.25) is 0 Å². The predicted octanol–water partition coefficient (Wildman–Crippen LogP) is 3.72. The largest absolute Gasteiger partial charge is 0.346 e. The minimum absolute atomic E-state index is 0.0332. The first kappa shape index (κ1) is 22.3. The van der Waals surface area contributed by atoms with Gasteiger partial charge in [0.1, 0.15) is 0 Å². The Labute approximate surface area is 182 Å². The first-order valence-corrected chi connectivity index (χ1v) is 10.6. The van der Waals surface area contributed by atoms with Crippen LogP contribution >= 0.6 is 0 Å². The molecule has 3 rings (SSSR count). The number of benzene rings is 3. The van der Waals surface area contributed by atoms with Gasteiger partial charge in [0.15, 0.2) is 5.41 Å². The summed E-state index contributed by atoms with van der Waals surface area (Å²) in [5.74, 6) is 0. The lowest BCUT2D eigenvalue weighted by Gasteiger charge is -2.31. The fourth-order valence-corrected chi connectivity index (χ4v) is 3.74. The van der Waals surface area contributed by atoms with Crippen molar-refractivity contribution < 1.29 is 19.3 Å². The van der Waals surface area contributed by atoms with Crippen molar-refractivity contribution in [3.8, 4) is 0 Å². The summed E-state index contributed by atoms with van der Waals surface area (Å²) in [7, 11) is 0.380. The monoisotopic (exact) mass is 438 g/mol. The summed E-state index contributed by atoms with van der Waals surface area (Å²) in [4.78, 5) is 21.8. The molecule has 0 atom stereocenters. The minimum Gasteiger partial charge on any atom is -0.346 e. The van der Waals surface area contributed by atoms with Crippen molar-refractivity contribution in [3.63, 3.8) is 0 Å². The van der Waals surface area contributed by atoms with Crippen LogP contribution in [-0.4, -0.2) is 20.1 Å². The van der Waals surface area contributed by atoms with Gasteiger partial charge in [-0.2, -0.15) is 0 Å². The molecule has 0 aromatic heterocycles. The molecule has 9 heteroatoms. The van der Waals surface area contributed by atoms with E-state index in [0.29, 0.717) is 21.4 Å². The van der Waals surface area contributed by atoms with Crippen LogP contribution in [0.5, 0.6) is 0 Å². The van der Waals surface area contributed by atoms with E-state index in [0.717, 1.165) is 11.1 Å². The van der Waals surface area contributed by atoms with Crippen molar-refractivity contribution in [1.29, 1.82) is 0 Å². The van der Waals surface area contributed by atoms with Crippen LogP contribution < -0.4 is 0 Å². The molecule has 0 amide bonds. The number of hydrogen-bond donors (Lipinski definition) is 0. The highest BCUT2D eigenvalue weighted by molar-refractivity contribution is 6.13. The van der Waals surface area contributed by atoms with Crippen molar-refractivity contribution in [2.45, 2.75) is 25.5 Å². The maximum Gasteiger partial charge on any atom is 0.274 e. The number of para-hydroxylation sites is 2.